The van der Waals surface area contributed by atoms with E-state index >= 15 is 0 Å². The minimum absolute atomic E-state index is 0.127. The largest absolute Gasteiger partial charge is 0.345 e. The number of carbonyl (C=O) groups is 2. The topological polar surface area (TPSA) is 61.4 Å². The SMILES string of the molecule is CN1CC(CNC(=O)Nc2cccc(Cl)c2)CC1=O. The summed E-state index contributed by atoms with van der Waals surface area (Å²) in [6, 6.07) is 6.66. The summed E-state index contributed by atoms with van der Waals surface area (Å²) in [6.45, 7) is 1.18. The van der Waals surface area contributed by atoms with E-state index in [2.05, 4.69) is 10.6 Å². The van der Waals surface area contributed by atoms with Gasteiger partial charge < -0.3 is 15.5 Å². The van der Waals surface area contributed by atoms with Crippen LogP contribution in [0.4, 0.5) is 10.5 Å². The van der Waals surface area contributed by atoms with E-state index in [1.54, 1.807) is 36.2 Å². The fourth-order valence-corrected chi connectivity index (χ4v) is 2.26. The van der Waals surface area contributed by atoms with E-state index in [0.717, 1.165) is 0 Å². The van der Waals surface area contributed by atoms with Crippen molar-refractivity contribution in [3.63, 3.8) is 0 Å². The lowest BCUT2D eigenvalue weighted by molar-refractivity contribution is -0.126. The number of urea groups is 1. The number of likely N-dealkylation sites (tertiary alicyclic amines) is 1. The number of benzene rings is 1. The molecular weight excluding hydrogens is 266 g/mol. The van der Waals surface area contributed by atoms with Gasteiger partial charge in [-0.3, -0.25) is 4.79 Å². The minimum Gasteiger partial charge on any atom is -0.345 e. The summed E-state index contributed by atoms with van der Waals surface area (Å²) in [5.41, 5.74) is 0.643. The second-order valence-corrected chi connectivity index (χ2v) is 5.13. The van der Waals surface area contributed by atoms with Gasteiger partial charge in [0, 0.05) is 43.2 Å². The number of nitrogens with one attached hydrogen (secondary N) is 2. The van der Waals surface area contributed by atoms with E-state index in [-0.39, 0.29) is 17.9 Å². The van der Waals surface area contributed by atoms with Crippen LogP contribution >= 0.6 is 11.6 Å². The number of carbonyl (C=O) groups excluding carboxylic acids is 2. The van der Waals surface area contributed by atoms with Crippen LogP contribution in [0.5, 0.6) is 0 Å². The average molecular weight is 282 g/mol. The molecule has 1 aliphatic heterocycles. The molecule has 6 heteroatoms. The molecule has 1 unspecified atom stereocenters. The van der Waals surface area contributed by atoms with Gasteiger partial charge in [-0.2, -0.15) is 0 Å². The van der Waals surface area contributed by atoms with Crippen LogP contribution in [0.25, 0.3) is 0 Å². The summed E-state index contributed by atoms with van der Waals surface area (Å²) in [6.07, 6.45) is 0.494. The first kappa shape index (κ1) is 13.7. The maximum absolute atomic E-state index is 11.7. The summed E-state index contributed by atoms with van der Waals surface area (Å²) in [4.78, 5) is 24.7. The van der Waals surface area contributed by atoms with Crippen LogP contribution in [0.3, 0.4) is 0 Å². The normalized spacial score (nSPS) is 18.5. The molecule has 19 heavy (non-hydrogen) atoms. The second-order valence-electron chi connectivity index (χ2n) is 4.69. The summed E-state index contributed by atoms with van der Waals surface area (Å²) >= 11 is 5.83. The van der Waals surface area contributed by atoms with Crippen LogP contribution in [-0.2, 0) is 4.79 Å². The molecule has 0 bridgehead atoms. The first-order chi connectivity index (χ1) is 9.04. The fourth-order valence-electron chi connectivity index (χ4n) is 2.07. The van der Waals surface area contributed by atoms with Crippen molar-refractivity contribution in [2.75, 3.05) is 25.5 Å². The molecule has 0 spiro atoms. The van der Waals surface area contributed by atoms with Crippen molar-refractivity contribution in [1.82, 2.24) is 10.2 Å². The molecule has 102 valence electrons. The zero-order valence-corrected chi connectivity index (χ0v) is 11.4. The molecule has 1 aromatic rings. The smallest absolute Gasteiger partial charge is 0.319 e. The molecule has 1 aromatic carbocycles. The molecule has 1 heterocycles. The van der Waals surface area contributed by atoms with Gasteiger partial charge in [0.25, 0.3) is 0 Å². The Morgan fingerprint density at radius 1 is 1.53 bits per heavy atom. The number of amides is 3. The highest BCUT2D eigenvalue weighted by Crippen LogP contribution is 2.16. The van der Waals surface area contributed by atoms with Crippen LogP contribution in [0.2, 0.25) is 5.02 Å². The van der Waals surface area contributed by atoms with Gasteiger partial charge in [-0.15, -0.1) is 0 Å². The Bertz CT molecular complexity index is 493. The first-order valence-corrected chi connectivity index (χ1v) is 6.47. The van der Waals surface area contributed by atoms with E-state index < -0.39 is 0 Å². The van der Waals surface area contributed by atoms with Crippen LogP contribution < -0.4 is 10.6 Å². The van der Waals surface area contributed by atoms with Crippen LogP contribution in [0.15, 0.2) is 24.3 Å². The highest BCUT2D eigenvalue weighted by Gasteiger charge is 2.26. The highest BCUT2D eigenvalue weighted by molar-refractivity contribution is 6.30. The molecule has 0 saturated carbocycles. The van der Waals surface area contributed by atoms with Crippen LogP contribution in [0, 0.1) is 5.92 Å². The third-order valence-electron chi connectivity index (χ3n) is 3.05. The monoisotopic (exact) mass is 281 g/mol. The van der Waals surface area contributed by atoms with Gasteiger partial charge in [0.05, 0.1) is 0 Å². The van der Waals surface area contributed by atoms with Crippen molar-refractivity contribution in [3.05, 3.63) is 29.3 Å². The molecule has 0 aromatic heterocycles. The molecule has 0 aliphatic carbocycles. The molecule has 1 fully saturated rings. The zero-order valence-electron chi connectivity index (χ0n) is 10.6. The summed E-state index contributed by atoms with van der Waals surface area (Å²) in [5.74, 6) is 0.310. The van der Waals surface area contributed by atoms with Gasteiger partial charge in [-0.25, -0.2) is 4.79 Å². The second kappa shape index (κ2) is 5.93. The molecule has 2 rings (SSSR count). The Labute approximate surface area is 116 Å². The highest BCUT2D eigenvalue weighted by atomic mass is 35.5. The molecule has 0 radical (unpaired) electrons. The molecule has 1 saturated heterocycles. The number of anilines is 1. The van der Waals surface area contributed by atoms with Gasteiger partial charge >= 0.3 is 6.03 Å². The molecular formula is C13H16ClN3O2. The predicted molar refractivity (Wildman–Crippen MR) is 74.2 cm³/mol. The van der Waals surface area contributed by atoms with Crippen LogP contribution in [-0.4, -0.2) is 37.0 Å². The Kier molecular flexibility index (Phi) is 4.27. The summed E-state index contributed by atoms with van der Waals surface area (Å²) < 4.78 is 0. The minimum atomic E-state index is -0.288. The molecule has 5 nitrogen and oxygen atoms in total. The van der Waals surface area contributed by atoms with E-state index in [1.807, 2.05) is 0 Å². The van der Waals surface area contributed by atoms with Gasteiger partial charge in [-0.05, 0) is 18.2 Å². The van der Waals surface area contributed by atoms with Crippen molar-refractivity contribution >= 4 is 29.2 Å². The maximum atomic E-state index is 11.7. The molecule has 3 amide bonds. The van der Waals surface area contributed by atoms with E-state index in [4.69, 9.17) is 11.6 Å². The van der Waals surface area contributed by atoms with Crippen molar-refractivity contribution in [1.29, 1.82) is 0 Å². The molecule has 1 aliphatic rings. The third-order valence-corrected chi connectivity index (χ3v) is 3.29. The number of hydrogen-bond donors (Lipinski definition) is 2. The lowest BCUT2D eigenvalue weighted by Gasteiger charge is -2.12. The van der Waals surface area contributed by atoms with Crippen molar-refractivity contribution in [2.24, 2.45) is 5.92 Å². The van der Waals surface area contributed by atoms with E-state index in [1.165, 1.54) is 0 Å². The lowest BCUT2D eigenvalue weighted by atomic mass is 10.1. The van der Waals surface area contributed by atoms with Crippen molar-refractivity contribution in [3.8, 4) is 0 Å². The van der Waals surface area contributed by atoms with Crippen LogP contribution in [0.1, 0.15) is 6.42 Å². The Morgan fingerprint density at radius 3 is 2.95 bits per heavy atom. The molecule has 1 atom stereocenters. The third kappa shape index (κ3) is 3.86. The Hall–Kier alpha value is -1.75. The average Bonchev–Trinajstić information content (AvgIpc) is 2.66. The number of nitrogens with zero attached hydrogens (tertiary/aromatic N) is 1. The van der Waals surface area contributed by atoms with Gasteiger partial charge in [0.15, 0.2) is 0 Å². The zero-order chi connectivity index (χ0) is 13.8. The summed E-state index contributed by atoms with van der Waals surface area (Å²) in [5, 5.41) is 6.03. The van der Waals surface area contributed by atoms with E-state index in [0.29, 0.717) is 30.2 Å². The van der Waals surface area contributed by atoms with Gasteiger partial charge in [0.1, 0.15) is 0 Å². The quantitative estimate of drug-likeness (QED) is 0.889. The van der Waals surface area contributed by atoms with E-state index in [9.17, 15) is 9.59 Å². The fraction of sp³-hybridized carbons (Fsp3) is 0.385. The maximum Gasteiger partial charge on any atom is 0.319 e. The predicted octanol–water partition coefficient (Wildman–Crippen LogP) is 1.94. The molecule has 2 N–H and O–H groups in total. The Morgan fingerprint density at radius 2 is 2.32 bits per heavy atom. The van der Waals surface area contributed by atoms with Crippen molar-refractivity contribution in [2.45, 2.75) is 6.42 Å². The number of rotatable bonds is 3. The van der Waals surface area contributed by atoms with Gasteiger partial charge in [0.2, 0.25) is 5.91 Å². The Balaban J connectivity index is 1.78. The number of halogens is 1. The first-order valence-electron chi connectivity index (χ1n) is 6.09. The summed E-state index contributed by atoms with van der Waals surface area (Å²) in [7, 11) is 1.77. The number of hydrogen-bond acceptors (Lipinski definition) is 2. The van der Waals surface area contributed by atoms with Crippen molar-refractivity contribution < 1.29 is 9.59 Å². The lowest BCUT2D eigenvalue weighted by Crippen LogP contribution is -2.33. The standard InChI is InChI=1S/C13H16ClN3O2/c1-17-8-9(5-12(17)18)7-15-13(19)16-11-4-2-3-10(14)6-11/h2-4,6,9H,5,7-8H2,1H3,(H2,15,16,19). The van der Waals surface area contributed by atoms with Gasteiger partial charge in [-0.1, -0.05) is 17.7 Å².